The first kappa shape index (κ1) is 16.3. The number of benzene rings is 3. The van der Waals surface area contributed by atoms with Gasteiger partial charge in [-0.1, -0.05) is 72.8 Å². The third-order valence-electron chi connectivity index (χ3n) is 4.79. The topological polar surface area (TPSA) is 38.7 Å². The highest BCUT2D eigenvalue weighted by atomic mass is 16.6. The Balaban J connectivity index is 1.43. The van der Waals surface area contributed by atoms with Gasteiger partial charge in [-0.2, -0.15) is 0 Å². The number of rotatable bonds is 5. The fourth-order valence-corrected chi connectivity index (χ4v) is 3.51. The Morgan fingerprint density at radius 2 is 1.72 bits per heavy atom. The summed E-state index contributed by atoms with van der Waals surface area (Å²) in [5, 5.41) is 13.2. The zero-order chi connectivity index (χ0) is 17.1. The highest BCUT2D eigenvalue weighted by Gasteiger charge is 2.40. The molecule has 3 nitrogen and oxygen atoms in total. The minimum atomic E-state index is -1.23. The maximum Gasteiger partial charge on any atom is 0.193 e. The molecule has 3 aromatic carbocycles. The van der Waals surface area contributed by atoms with E-state index >= 15 is 0 Å². The molecule has 25 heavy (non-hydrogen) atoms. The Kier molecular flexibility index (Phi) is 4.53. The molecular formula is C22H22O3. The predicted molar refractivity (Wildman–Crippen MR) is 98.0 cm³/mol. The molecule has 0 bridgehead atoms. The van der Waals surface area contributed by atoms with Crippen molar-refractivity contribution in [3.63, 3.8) is 0 Å². The first-order chi connectivity index (χ1) is 12.2. The molecule has 128 valence electrons. The van der Waals surface area contributed by atoms with E-state index in [1.807, 2.05) is 60.7 Å². The summed E-state index contributed by atoms with van der Waals surface area (Å²) in [7, 11) is 0. The van der Waals surface area contributed by atoms with Gasteiger partial charge in [-0.05, 0) is 22.8 Å². The van der Waals surface area contributed by atoms with Crippen LogP contribution in [0.5, 0.6) is 0 Å². The summed E-state index contributed by atoms with van der Waals surface area (Å²) in [5.41, 5.74) is 1.99. The van der Waals surface area contributed by atoms with Gasteiger partial charge in [-0.25, -0.2) is 0 Å². The number of ether oxygens (including phenoxy) is 2. The second kappa shape index (κ2) is 6.96. The van der Waals surface area contributed by atoms with E-state index in [9.17, 15) is 5.11 Å². The first-order valence-electron chi connectivity index (χ1n) is 8.75. The molecule has 1 aliphatic heterocycles. The lowest BCUT2D eigenvalue weighted by atomic mass is 9.96. The Morgan fingerprint density at radius 3 is 2.60 bits per heavy atom. The first-order valence-corrected chi connectivity index (χ1v) is 8.75. The van der Waals surface area contributed by atoms with E-state index in [0.29, 0.717) is 19.6 Å². The third-order valence-corrected chi connectivity index (χ3v) is 4.79. The van der Waals surface area contributed by atoms with E-state index in [1.165, 1.54) is 0 Å². The highest BCUT2D eigenvalue weighted by Crippen LogP contribution is 2.40. The maximum atomic E-state index is 11.1. The van der Waals surface area contributed by atoms with Gasteiger partial charge in [0.1, 0.15) is 0 Å². The van der Waals surface area contributed by atoms with Gasteiger partial charge in [0, 0.05) is 12.0 Å². The van der Waals surface area contributed by atoms with E-state index in [1.54, 1.807) is 0 Å². The smallest absolute Gasteiger partial charge is 0.193 e. The minimum Gasteiger partial charge on any atom is -0.374 e. The highest BCUT2D eigenvalue weighted by molar-refractivity contribution is 5.86. The van der Waals surface area contributed by atoms with Crippen molar-refractivity contribution in [1.82, 2.24) is 0 Å². The fraction of sp³-hybridized carbons (Fsp3) is 0.273. The van der Waals surface area contributed by atoms with Gasteiger partial charge in [0.2, 0.25) is 0 Å². The van der Waals surface area contributed by atoms with Crippen molar-refractivity contribution < 1.29 is 14.6 Å². The van der Waals surface area contributed by atoms with Gasteiger partial charge in [0.25, 0.3) is 0 Å². The normalized spacial score (nSPS) is 23.2. The maximum absolute atomic E-state index is 11.1. The molecule has 0 aromatic heterocycles. The van der Waals surface area contributed by atoms with E-state index in [2.05, 4.69) is 12.1 Å². The molecule has 0 spiro atoms. The molecule has 3 heteroatoms. The van der Waals surface area contributed by atoms with Crippen LogP contribution >= 0.6 is 0 Å². The Hall–Kier alpha value is -2.20. The number of hydrogen-bond acceptors (Lipinski definition) is 3. The third kappa shape index (κ3) is 3.45. The Bertz CT molecular complexity index is 841. The van der Waals surface area contributed by atoms with E-state index in [-0.39, 0.29) is 6.10 Å². The average molecular weight is 334 g/mol. The van der Waals surface area contributed by atoms with Crippen molar-refractivity contribution in [2.75, 3.05) is 6.61 Å². The van der Waals surface area contributed by atoms with Crippen molar-refractivity contribution in [1.29, 1.82) is 0 Å². The molecule has 2 atom stereocenters. The van der Waals surface area contributed by atoms with Crippen LogP contribution in [0.15, 0.2) is 72.8 Å². The van der Waals surface area contributed by atoms with E-state index < -0.39 is 5.79 Å². The Labute approximate surface area is 147 Å². The lowest BCUT2D eigenvalue weighted by Gasteiger charge is -2.25. The van der Waals surface area contributed by atoms with Gasteiger partial charge < -0.3 is 14.6 Å². The lowest BCUT2D eigenvalue weighted by molar-refractivity contribution is -0.207. The lowest BCUT2D eigenvalue weighted by Crippen LogP contribution is -2.27. The molecule has 1 heterocycles. The SMILES string of the molecule is OC1(c2cccc3ccccc23)CC[C@@H](COCc2ccccc2)O1. The van der Waals surface area contributed by atoms with Crippen LogP contribution in [0, 0.1) is 0 Å². The standard InChI is InChI=1S/C22H22O3/c23-22(21-12-6-10-18-9-4-5-11-20(18)21)14-13-19(25-22)16-24-15-17-7-2-1-3-8-17/h1-12,19,23H,13-16H2/t19-,22?/m0/s1. The summed E-state index contributed by atoms with van der Waals surface area (Å²) < 4.78 is 11.8. The van der Waals surface area contributed by atoms with Gasteiger partial charge in [-0.15, -0.1) is 0 Å². The molecule has 0 saturated carbocycles. The monoisotopic (exact) mass is 334 g/mol. The molecule has 3 aromatic rings. The zero-order valence-corrected chi connectivity index (χ0v) is 14.1. The largest absolute Gasteiger partial charge is 0.374 e. The van der Waals surface area contributed by atoms with Crippen LogP contribution in [-0.4, -0.2) is 17.8 Å². The van der Waals surface area contributed by atoms with Crippen LogP contribution in [0.1, 0.15) is 24.0 Å². The molecule has 0 amide bonds. The molecule has 1 fully saturated rings. The van der Waals surface area contributed by atoms with Crippen molar-refractivity contribution in [3.05, 3.63) is 83.9 Å². The van der Waals surface area contributed by atoms with Crippen LogP contribution in [0.2, 0.25) is 0 Å². The average Bonchev–Trinajstić information content (AvgIpc) is 3.04. The molecule has 0 radical (unpaired) electrons. The van der Waals surface area contributed by atoms with Gasteiger partial charge in [0.15, 0.2) is 5.79 Å². The molecule has 4 rings (SSSR count). The second-order valence-electron chi connectivity index (χ2n) is 6.59. The minimum absolute atomic E-state index is 0.0901. The van der Waals surface area contributed by atoms with Gasteiger partial charge >= 0.3 is 0 Å². The Morgan fingerprint density at radius 1 is 0.960 bits per heavy atom. The van der Waals surface area contributed by atoms with Crippen LogP contribution in [0.25, 0.3) is 10.8 Å². The predicted octanol–water partition coefficient (Wildman–Crippen LogP) is 4.38. The summed E-state index contributed by atoms with van der Waals surface area (Å²) in [5.74, 6) is -1.23. The quantitative estimate of drug-likeness (QED) is 0.752. The molecule has 1 unspecified atom stereocenters. The summed E-state index contributed by atoms with van der Waals surface area (Å²) in [4.78, 5) is 0. The number of hydrogen-bond donors (Lipinski definition) is 1. The molecule has 1 aliphatic rings. The number of aliphatic hydroxyl groups is 1. The fourth-order valence-electron chi connectivity index (χ4n) is 3.51. The van der Waals surface area contributed by atoms with Crippen molar-refractivity contribution >= 4 is 10.8 Å². The van der Waals surface area contributed by atoms with E-state index in [0.717, 1.165) is 28.3 Å². The molecule has 1 N–H and O–H groups in total. The summed E-state index contributed by atoms with van der Waals surface area (Å²) in [6, 6.07) is 24.1. The van der Waals surface area contributed by atoms with Gasteiger partial charge in [-0.3, -0.25) is 0 Å². The van der Waals surface area contributed by atoms with Crippen molar-refractivity contribution in [3.8, 4) is 0 Å². The second-order valence-corrected chi connectivity index (χ2v) is 6.59. The summed E-state index contributed by atoms with van der Waals surface area (Å²) >= 11 is 0. The van der Waals surface area contributed by atoms with Crippen LogP contribution in [-0.2, 0) is 21.9 Å². The van der Waals surface area contributed by atoms with Crippen LogP contribution in [0.4, 0.5) is 0 Å². The van der Waals surface area contributed by atoms with Crippen LogP contribution < -0.4 is 0 Å². The van der Waals surface area contributed by atoms with Crippen LogP contribution in [0.3, 0.4) is 0 Å². The van der Waals surface area contributed by atoms with Crippen molar-refractivity contribution in [2.45, 2.75) is 31.3 Å². The molecular weight excluding hydrogens is 312 g/mol. The molecule has 1 saturated heterocycles. The van der Waals surface area contributed by atoms with Crippen molar-refractivity contribution in [2.24, 2.45) is 0 Å². The van der Waals surface area contributed by atoms with Gasteiger partial charge in [0.05, 0.1) is 19.3 Å². The zero-order valence-electron chi connectivity index (χ0n) is 14.1. The molecule has 0 aliphatic carbocycles. The van der Waals surface area contributed by atoms with E-state index in [4.69, 9.17) is 9.47 Å². The summed E-state index contributed by atoms with van der Waals surface area (Å²) in [6.07, 6.45) is 1.28. The summed E-state index contributed by atoms with van der Waals surface area (Å²) in [6.45, 7) is 1.05. The number of fused-ring (bicyclic) bond motifs is 1.